The highest BCUT2D eigenvalue weighted by Gasteiger charge is 2.42. The van der Waals surface area contributed by atoms with Gasteiger partial charge in [0, 0.05) is 29.6 Å². The number of benzene rings is 1. The normalized spacial score (nSPS) is 19.5. The SMILES string of the molecule is Cc1[nH]c2ccccc2c1CCNC(=O)C1CC(F)(F)CN1.Cl. The molecule has 1 saturated heterocycles. The van der Waals surface area contributed by atoms with Crippen LogP contribution in [0.1, 0.15) is 17.7 Å². The number of carbonyl (C=O) groups excluding carboxylic acids is 1. The fourth-order valence-corrected chi connectivity index (χ4v) is 2.99. The van der Waals surface area contributed by atoms with Crippen LogP contribution in [0.5, 0.6) is 0 Å². The topological polar surface area (TPSA) is 56.9 Å². The van der Waals surface area contributed by atoms with Crippen molar-refractivity contribution in [3.8, 4) is 0 Å². The van der Waals surface area contributed by atoms with Gasteiger partial charge in [0.25, 0.3) is 5.92 Å². The molecule has 4 nitrogen and oxygen atoms in total. The molecular weight excluding hydrogens is 324 g/mol. The number of nitrogens with one attached hydrogen (secondary N) is 3. The van der Waals surface area contributed by atoms with Crippen molar-refractivity contribution in [1.29, 1.82) is 0 Å². The second kappa shape index (κ2) is 6.84. The average Bonchev–Trinajstić information content (AvgIpc) is 2.99. The van der Waals surface area contributed by atoms with Gasteiger partial charge in [-0.3, -0.25) is 10.1 Å². The summed E-state index contributed by atoms with van der Waals surface area (Å²) in [5.74, 6) is -3.13. The van der Waals surface area contributed by atoms with Crippen molar-refractivity contribution < 1.29 is 13.6 Å². The van der Waals surface area contributed by atoms with Gasteiger partial charge in [0.2, 0.25) is 5.91 Å². The highest BCUT2D eigenvalue weighted by Crippen LogP contribution is 2.25. The van der Waals surface area contributed by atoms with E-state index in [0.29, 0.717) is 13.0 Å². The number of halogens is 3. The van der Waals surface area contributed by atoms with E-state index >= 15 is 0 Å². The Kier molecular flexibility index (Phi) is 5.26. The van der Waals surface area contributed by atoms with Gasteiger partial charge in [0.05, 0.1) is 12.6 Å². The van der Waals surface area contributed by atoms with E-state index < -0.39 is 24.9 Å². The van der Waals surface area contributed by atoms with E-state index in [1.54, 1.807) is 0 Å². The van der Waals surface area contributed by atoms with E-state index in [0.717, 1.165) is 22.2 Å². The number of aromatic nitrogens is 1. The zero-order valence-corrected chi connectivity index (χ0v) is 13.6. The molecule has 1 aromatic heterocycles. The van der Waals surface area contributed by atoms with Gasteiger partial charge in [-0.05, 0) is 25.0 Å². The predicted molar refractivity (Wildman–Crippen MR) is 88.4 cm³/mol. The summed E-state index contributed by atoms with van der Waals surface area (Å²) in [5.41, 5.74) is 3.29. The minimum Gasteiger partial charge on any atom is -0.358 e. The molecule has 1 unspecified atom stereocenters. The quantitative estimate of drug-likeness (QED) is 0.799. The molecule has 1 amide bonds. The van der Waals surface area contributed by atoms with Crippen LogP contribution in [0.4, 0.5) is 8.78 Å². The fourth-order valence-electron chi connectivity index (χ4n) is 2.99. The molecule has 3 N–H and O–H groups in total. The van der Waals surface area contributed by atoms with Gasteiger partial charge in [-0.25, -0.2) is 8.78 Å². The van der Waals surface area contributed by atoms with E-state index in [9.17, 15) is 13.6 Å². The van der Waals surface area contributed by atoms with Crippen LogP contribution in [0.15, 0.2) is 24.3 Å². The number of alkyl halides is 2. The first-order valence-electron chi connectivity index (χ1n) is 7.41. The first-order chi connectivity index (χ1) is 10.5. The number of hydrogen-bond donors (Lipinski definition) is 3. The highest BCUT2D eigenvalue weighted by atomic mass is 35.5. The largest absolute Gasteiger partial charge is 0.358 e. The molecular formula is C16H20ClF2N3O. The van der Waals surface area contributed by atoms with Crippen LogP contribution in [0, 0.1) is 6.92 Å². The van der Waals surface area contributed by atoms with Crippen LogP contribution >= 0.6 is 12.4 Å². The van der Waals surface area contributed by atoms with Crippen LogP contribution in [0.25, 0.3) is 10.9 Å². The third kappa shape index (κ3) is 3.82. The molecule has 3 rings (SSSR count). The number of para-hydroxylation sites is 1. The number of aryl methyl sites for hydroxylation is 1. The number of fused-ring (bicyclic) bond motifs is 1. The molecule has 0 saturated carbocycles. The van der Waals surface area contributed by atoms with Crippen molar-refractivity contribution in [3.63, 3.8) is 0 Å². The molecule has 1 fully saturated rings. The third-order valence-corrected chi connectivity index (χ3v) is 4.13. The van der Waals surface area contributed by atoms with Gasteiger partial charge >= 0.3 is 0 Å². The van der Waals surface area contributed by atoms with Gasteiger partial charge in [0.15, 0.2) is 0 Å². The summed E-state index contributed by atoms with van der Waals surface area (Å²) < 4.78 is 26.2. The summed E-state index contributed by atoms with van der Waals surface area (Å²) in [6.45, 7) is 2.01. The second-order valence-corrected chi connectivity index (χ2v) is 5.81. The van der Waals surface area contributed by atoms with Crippen molar-refractivity contribution >= 4 is 29.2 Å². The highest BCUT2D eigenvalue weighted by molar-refractivity contribution is 5.85. The number of amides is 1. The van der Waals surface area contributed by atoms with Gasteiger partial charge in [-0.2, -0.15) is 0 Å². The van der Waals surface area contributed by atoms with Gasteiger partial charge < -0.3 is 10.3 Å². The Morgan fingerprint density at radius 1 is 1.39 bits per heavy atom. The summed E-state index contributed by atoms with van der Waals surface area (Å²) in [7, 11) is 0. The second-order valence-electron chi connectivity index (χ2n) is 5.81. The smallest absolute Gasteiger partial charge is 0.262 e. The zero-order chi connectivity index (χ0) is 15.7. The van der Waals surface area contributed by atoms with Crippen LogP contribution in [0.2, 0.25) is 0 Å². The molecule has 0 radical (unpaired) electrons. The summed E-state index contributed by atoms with van der Waals surface area (Å²) >= 11 is 0. The van der Waals surface area contributed by atoms with E-state index in [1.807, 2.05) is 31.2 Å². The molecule has 0 aliphatic carbocycles. The fraction of sp³-hybridized carbons (Fsp3) is 0.438. The number of hydrogen-bond acceptors (Lipinski definition) is 2. The first-order valence-corrected chi connectivity index (χ1v) is 7.41. The van der Waals surface area contributed by atoms with Crippen molar-refractivity contribution in [2.24, 2.45) is 0 Å². The number of aromatic amines is 1. The van der Waals surface area contributed by atoms with Crippen LogP contribution in [-0.2, 0) is 11.2 Å². The molecule has 1 atom stereocenters. The minimum absolute atomic E-state index is 0. The van der Waals surface area contributed by atoms with Crippen molar-refractivity contribution in [2.45, 2.75) is 31.7 Å². The molecule has 1 aliphatic rings. The third-order valence-electron chi connectivity index (χ3n) is 4.13. The van der Waals surface area contributed by atoms with E-state index in [1.165, 1.54) is 0 Å². The van der Waals surface area contributed by atoms with Crippen molar-refractivity contribution in [2.75, 3.05) is 13.1 Å². The minimum atomic E-state index is -2.78. The van der Waals surface area contributed by atoms with Gasteiger partial charge in [-0.1, -0.05) is 18.2 Å². The molecule has 1 aliphatic heterocycles. The standard InChI is InChI=1S/C16H19F2N3O.ClH/c1-10-11(12-4-2-3-5-13(12)21-10)6-7-19-15(22)14-8-16(17,18)9-20-14;/h2-5,14,20-21H,6-9H2,1H3,(H,19,22);1H. The van der Waals surface area contributed by atoms with Crippen LogP contribution in [-0.4, -0.2) is 35.9 Å². The van der Waals surface area contributed by atoms with E-state index in [4.69, 9.17) is 0 Å². The molecule has 0 bridgehead atoms. The van der Waals surface area contributed by atoms with Crippen molar-refractivity contribution in [1.82, 2.24) is 15.6 Å². The van der Waals surface area contributed by atoms with Gasteiger partial charge in [0.1, 0.15) is 0 Å². The molecule has 126 valence electrons. The molecule has 2 heterocycles. The summed E-state index contributed by atoms with van der Waals surface area (Å²) in [6, 6.07) is 7.20. The van der Waals surface area contributed by atoms with E-state index in [2.05, 4.69) is 15.6 Å². The van der Waals surface area contributed by atoms with Crippen molar-refractivity contribution in [3.05, 3.63) is 35.5 Å². The Morgan fingerprint density at radius 3 is 2.83 bits per heavy atom. The summed E-state index contributed by atoms with van der Waals surface area (Å²) in [4.78, 5) is 15.2. The predicted octanol–water partition coefficient (Wildman–Crippen LogP) is 2.55. The lowest BCUT2D eigenvalue weighted by Crippen LogP contribution is -2.41. The molecule has 0 spiro atoms. The zero-order valence-electron chi connectivity index (χ0n) is 12.8. The summed E-state index contributed by atoms with van der Waals surface area (Å²) in [6.07, 6.45) is 0.246. The first kappa shape index (κ1) is 17.7. The Balaban J connectivity index is 0.00000192. The average molecular weight is 344 g/mol. The van der Waals surface area contributed by atoms with Crippen LogP contribution < -0.4 is 10.6 Å². The number of rotatable bonds is 4. The maximum absolute atomic E-state index is 13.1. The maximum atomic E-state index is 13.1. The Morgan fingerprint density at radius 2 is 2.13 bits per heavy atom. The monoisotopic (exact) mass is 343 g/mol. The van der Waals surface area contributed by atoms with Crippen LogP contribution in [0.3, 0.4) is 0 Å². The number of carbonyl (C=O) groups is 1. The number of H-pyrrole nitrogens is 1. The molecule has 1 aromatic carbocycles. The summed E-state index contributed by atoms with van der Waals surface area (Å²) in [5, 5.41) is 6.45. The Labute approximate surface area is 139 Å². The van der Waals surface area contributed by atoms with Gasteiger partial charge in [-0.15, -0.1) is 12.4 Å². The molecule has 23 heavy (non-hydrogen) atoms. The lowest BCUT2D eigenvalue weighted by molar-refractivity contribution is -0.123. The van der Waals surface area contributed by atoms with E-state index in [-0.39, 0.29) is 18.3 Å². The lowest BCUT2D eigenvalue weighted by atomic mass is 10.1. The molecule has 7 heteroatoms. The maximum Gasteiger partial charge on any atom is 0.262 e. The lowest BCUT2D eigenvalue weighted by Gasteiger charge is -2.11. The Bertz CT molecular complexity index is 702. The molecule has 2 aromatic rings. The Hall–Kier alpha value is -1.66.